The summed E-state index contributed by atoms with van der Waals surface area (Å²) in [6, 6.07) is 13.1. The Kier molecular flexibility index (Phi) is 5.28. The highest BCUT2D eigenvalue weighted by atomic mass is 79.9. The molecule has 0 atom stereocenters. The molecule has 0 amide bonds. The molecule has 0 fully saturated rings. The van der Waals surface area contributed by atoms with E-state index in [1.807, 2.05) is 30.3 Å². The van der Waals surface area contributed by atoms with E-state index >= 15 is 0 Å². The minimum atomic E-state index is -0.360. The van der Waals surface area contributed by atoms with Gasteiger partial charge in [-0.1, -0.05) is 44.0 Å². The number of nitrogens with one attached hydrogen (secondary N) is 1. The van der Waals surface area contributed by atoms with Gasteiger partial charge in [0.15, 0.2) is 0 Å². The maximum atomic E-state index is 11.0. The van der Waals surface area contributed by atoms with Crippen molar-refractivity contribution < 1.29 is 4.92 Å². The third-order valence-electron chi connectivity index (χ3n) is 2.80. The second kappa shape index (κ2) is 6.97. The number of hydrogen-bond donors (Lipinski definition) is 1. The van der Waals surface area contributed by atoms with Gasteiger partial charge in [-0.3, -0.25) is 10.1 Å². The van der Waals surface area contributed by atoms with Crippen molar-refractivity contribution in [2.75, 3.05) is 0 Å². The van der Waals surface area contributed by atoms with E-state index in [1.54, 1.807) is 6.07 Å². The quantitative estimate of drug-likeness (QED) is 0.598. The summed E-state index contributed by atoms with van der Waals surface area (Å²) in [4.78, 5) is 10.6. The summed E-state index contributed by atoms with van der Waals surface area (Å²) in [7, 11) is 0. The van der Waals surface area contributed by atoms with Crippen LogP contribution in [0.2, 0.25) is 0 Å². The monoisotopic (exact) mass is 398 g/mol. The molecule has 104 valence electrons. The molecule has 2 aromatic rings. The molecular formula is C14H12Br2N2O2. The zero-order valence-electron chi connectivity index (χ0n) is 10.5. The standard InChI is InChI=1S/C14H12Br2N2O2/c15-12-4-1-10(2-5-12)8-17-9-11-3-6-13(16)7-14(11)18(19)20/h1-7,17H,8-9H2. The smallest absolute Gasteiger partial charge is 0.275 e. The molecule has 0 radical (unpaired) electrons. The first kappa shape index (κ1) is 15.2. The van der Waals surface area contributed by atoms with Gasteiger partial charge in [0.25, 0.3) is 5.69 Å². The first-order valence-corrected chi connectivity index (χ1v) is 7.53. The molecule has 2 aromatic carbocycles. The van der Waals surface area contributed by atoms with Crippen LogP contribution < -0.4 is 5.32 Å². The highest BCUT2D eigenvalue weighted by Gasteiger charge is 2.13. The molecule has 4 nitrogen and oxygen atoms in total. The minimum Gasteiger partial charge on any atom is -0.308 e. The molecule has 20 heavy (non-hydrogen) atoms. The van der Waals surface area contributed by atoms with Crippen LogP contribution in [0.15, 0.2) is 51.4 Å². The number of nitro benzene ring substituents is 1. The van der Waals surface area contributed by atoms with Gasteiger partial charge in [-0.2, -0.15) is 0 Å². The van der Waals surface area contributed by atoms with Crippen LogP contribution in [-0.4, -0.2) is 4.92 Å². The molecule has 0 aliphatic heterocycles. The molecule has 1 N–H and O–H groups in total. The summed E-state index contributed by atoms with van der Waals surface area (Å²) in [5.74, 6) is 0. The average Bonchev–Trinajstić information content (AvgIpc) is 2.42. The molecule has 0 unspecified atom stereocenters. The summed E-state index contributed by atoms with van der Waals surface area (Å²) in [6.07, 6.45) is 0. The SMILES string of the molecule is O=[N+]([O-])c1cc(Br)ccc1CNCc1ccc(Br)cc1. The van der Waals surface area contributed by atoms with Crippen LogP contribution in [0.5, 0.6) is 0 Å². The summed E-state index contributed by atoms with van der Waals surface area (Å²) < 4.78 is 1.74. The minimum absolute atomic E-state index is 0.127. The van der Waals surface area contributed by atoms with Crippen molar-refractivity contribution in [1.29, 1.82) is 0 Å². The van der Waals surface area contributed by atoms with Gasteiger partial charge < -0.3 is 5.32 Å². The van der Waals surface area contributed by atoms with E-state index in [9.17, 15) is 10.1 Å². The lowest BCUT2D eigenvalue weighted by atomic mass is 10.1. The third-order valence-corrected chi connectivity index (χ3v) is 3.82. The van der Waals surface area contributed by atoms with Gasteiger partial charge in [-0.15, -0.1) is 0 Å². The fraction of sp³-hybridized carbons (Fsp3) is 0.143. The van der Waals surface area contributed by atoms with Gasteiger partial charge >= 0.3 is 0 Å². The Hall–Kier alpha value is -1.24. The summed E-state index contributed by atoms with van der Waals surface area (Å²) in [6.45, 7) is 1.13. The van der Waals surface area contributed by atoms with Crippen LogP contribution in [-0.2, 0) is 13.1 Å². The van der Waals surface area contributed by atoms with Crippen molar-refractivity contribution in [3.8, 4) is 0 Å². The average molecular weight is 400 g/mol. The summed E-state index contributed by atoms with van der Waals surface area (Å²) in [5.41, 5.74) is 1.94. The number of hydrogen-bond acceptors (Lipinski definition) is 3. The van der Waals surface area contributed by atoms with E-state index in [2.05, 4.69) is 37.2 Å². The van der Waals surface area contributed by atoms with Crippen LogP contribution in [0.3, 0.4) is 0 Å². The van der Waals surface area contributed by atoms with Crippen molar-refractivity contribution in [2.45, 2.75) is 13.1 Å². The van der Waals surface area contributed by atoms with E-state index in [-0.39, 0.29) is 10.6 Å². The van der Waals surface area contributed by atoms with Crippen molar-refractivity contribution in [3.05, 3.63) is 72.7 Å². The number of nitrogens with zero attached hydrogens (tertiary/aromatic N) is 1. The predicted octanol–water partition coefficient (Wildman–Crippen LogP) is 4.41. The number of halogens is 2. The number of nitro groups is 1. The summed E-state index contributed by atoms with van der Waals surface area (Å²) in [5, 5.41) is 14.2. The van der Waals surface area contributed by atoms with Crippen LogP contribution in [0.25, 0.3) is 0 Å². The third kappa shape index (κ3) is 4.13. The molecule has 0 saturated heterocycles. The molecule has 0 heterocycles. The van der Waals surface area contributed by atoms with Crippen LogP contribution >= 0.6 is 31.9 Å². The molecule has 2 rings (SSSR count). The second-order valence-corrected chi connectivity index (χ2v) is 6.09. The second-order valence-electron chi connectivity index (χ2n) is 4.26. The lowest BCUT2D eigenvalue weighted by molar-refractivity contribution is -0.385. The largest absolute Gasteiger partial charge is 0.308 e. The Labute approximate surface area is 133 Å². The number of benzene rings is 2. The maximum Gasteiger partial charge on any atom is 0.275 e. The number of rotatable bonds is 5. The molecule has 0 saturated carbocycles. The summed E-state index contributed by atoms with van der Waals surface area (Å²) >= 11 is 6.63. The first-order chi connectivity index (χ1) is 9.56. The van der Waals surface area contributed by atoms with Crippen LogP contribution in [0.1, 0.15) is 11.1 Å². The first-order valence-electron chi connectivity index (χ1n) is 5.94. The molecule has 0 aromatic heterocycles. The molecule has 6 heteroatoms. The fourth-order valence-corrected chi connectivity index (χ4v) is 2.41. The van der Waals surface area contributed by atoms with Crippen molar-refractivity contribution >= 4 is 37.5 Å². The maximum absolute atomic E-state index is 11.0. The van der Waals surface area contributed by atoms with E-state index in [0.29, 0.717) is 23.1 Å². The van der Waals surface area contributed by atoms with Gasteiger partial charge in [0.1, 0.15) is 0 Å². The van der Waals surface area contributed by atoms with E-state index in [1.165, 1.54) is 6.07 Å². The van der Waals surface area contributed by atoms with Gasteiger partial charge in [-0.25, -0.2) is 0 Å². The van der Waals surface area contributed by atoms with Crippen molar-refractivity contribution in [3.63, 3.8) is 0 Å². The lowest BCUT2D eigenvalue weighted by Gasteiger charge is -2.06. The zero-order chi connectivity index (χ0) is 14.5. The zero-order valence-corrected chi connectivity index (χ0v) is 13.6. The molecule has 0 spiro atoms. The predicted molar refractivity (Wildman–Crippen MR) is 85.5 cm³/mol. The Bertz CT molecular complexity index is 615. The van der Waals surface area contributed by atoms with E-state index < -0.39 is 0 Å². The molecule has 0 aliphatic rings. The fourth-order valence-electron chi connectivity index (χ4n) is 1.80. The molecule has 0 aliphatic carbocycles. The van der Waals surface area contributed by atoms with Crippen molar-refractivity contribution in [2.24, 2.45) is 0 Å². The topological polar surface area (TPSA) is 55.2 Å². The van der Waals surface area contributed by atoms with Crippen LogP contribution in [0, 0.1) is 10.1 Å². The Balaban J connectivity index is 2.00. The molecular weight excluding hydrogens is 388 g/mol. The Morgan fingerprint density at radius 3 is 2.30 bits per heavy atom. The van der Waals surface area contributed by atoms with Gasteiger partial charge in [0.2, 0.25) is 0 Å². The highest BCUT2D eigenvalue weighted by molar-refractivity contribution is 9.10. The Morgan fingerprint density at radius 2 is 1.65 bits per heavy atom. The van der Waals surface area contributed by atoms with E-state index in [0.717, 1.165) is 10.0 Å². The molecule has 0 bridgehead atoms. The van der Waals surface area contributed by atoms with Gasteiger partial charge in [-0.05, 0) is 29.8 Å². The normalized spacial score (nSPS) is 10.5. The van der Waals surface area contributed by atoms with Crippen molar-refractivity contribution in [1.82, 2.24) is 5.32 Å². The van der Waals surface area contributed by atoms with E-state index in [4.69, 9.17) is 0 Å². The van der Waals surface area contributed by atoms with Gasteiger partial charge in [0, 0.05) is 33.7 Å². The van der Waals surface area contributed by atoms with Crippen LogP contribution in [0.4, 0.5) is 5.69 Å². The van der Waals surface area contributed by atoms with Gasteiger partial charge in [0.05, 0.1) is 4.92 Å². The Morgan fingerprint density at radius 1 is 1.00 bits per heavy atom. The highest BCUT2D eigenvalue weighted by Crippen LogP contribution is 2.23. The lowest BCUT2D eigenvalue weighted by Crippen LogP contribution is -2.13.